The number of Topliss-reactive ketones (excluding diaryl/α,β-unsaturated/α-hetero) is 1. The van der Waals surface area contributed by atoms with Crippen molar-refractivity contribution < 1.29 is 14.3 Å². The van der Waals surface area contributed by atoms with Crippen LogP contribution in [-0.2, 0) is 9.59 Å². The Bertz CT molecular complexity index is 1210. The summed E-state index contributed by atoms with van der Waals surface area (Å²) in [6.07, 6.45) is 0.343. The van der Waals surface area contributed by atoms with Gasteiger partial charge in [0.05, 0.1) is 16.7 Å². The van der Waals surface area contributed by atoms with E-state index in [1.54, 1.807) is 0 Å². The fraction of sp³-hybridized carbons (Fsp3) is 0.241. The number of ether oxygens (including phenoxy) is 1. The molecular weight excluding hydrogens is 396 g/mol. The number of aldehydes is 1. The zero-order chi connectivity index (χ0) is 22.5. The first kappa shape index (κ1) is 20.4. The molecule has 2 aliphatic rings. The second kappa shape index (κ2) is 7.30. The normalized spacial score (nSPS) is 28.8. The fourth-order valence-corrected chi connectivity index (χ4v) is 5.80. The molecule has 0 radical (unpaired) electrons. The quantitative estimate of drug-likeness (QED) is 0.490. The third kappa shape index (κ3) is 2.67. The minimum absolute atomic E-state index is 0.0527. The summed E-state index contributed by atoms with van der Waals surface area (Å²) < 4.78 is 6.46. The van der Waals surface area contributed by atoms with Gasteiger partial charge in [0, 0.05) is 0 Å². The Morgan fingerprint density at radius 2 is 1.25 bits per heavy atom. The second-order valence-electron chi connectivity index (χ2n) is 9.23. The third-order valence-electron chi connectivity index (χ3n) is 7.35. The lowest BCUT2D eigenvalue weighted by atomic mass is 9.66. The number of hydrogen-bond donors (Lipinski definition) is 0. The van der Waals surface area contributed by atoms with Crippen molar-refractivity contribution in [1.29, 1.82) is 0 Å². The van der Waals surface area contributed by atoms with Gasteiger partial charge in [-0.3, -0.25) is 4.79 Å². The number of rotatable bonds is 5. The lowest BCUT2D eigenvalue weighted by Gasteiger charge is -2.39. The first-order valence-electron chi connectivity index (χ1n) is 11.0. The SMILES string of the molecule is Cc1ccc(O[C@H]2[C@@H](C=O)C3(C)C(=O)C2(C)C(c2ccccc2)=C3c2ccccc2)cc1. The van der Waals surface area contributed by atoms with Gasteiger partial charge in [-0.1, -0.05) is 78.4 Å². The molecule has 3 heteroatoms. The number of ketones is 1. The highest BCUT2D eigenvalue weighted by molar-refractivity contribution is 6.24. The minimum Gasteiger partial charge on any atom is -0.488 e. The smallest absolute Gasteiger partial charge is 0.158 e. The van der Waals surface area contributed by atoms with Crippen LogP contribution in [0.25, 0.3) is 11.1 Å². The van der Waals surface area contributed by atoms with E-state index in [0.29, 0.717) is 5.75 Å². The van der Waals surface area contributed by atoms with Crippen LogP contribution in [0.3, 0.4) is 0 Å². The number of carbonyl (C=O) groups excluding carboxylic acids is 2. The number of fused-ring (bicyclic) bond motifs is 2. The second-order valence-corrected chi connectivity index (χ2v) is 9.23. The van der Waals surface area contributed by atoms with Gasteiger partial charge in [-0.05, 0) is 55.2 Å². The van der Waals surface area contributed by atoms with Crippen molar-refractivity contribution in [3.05, 3.63) is 102 Å². The van der Waals surface area contributed by atoms with Crippen LogP contribution in [0.1, 0.15) is 30.5 Å². The predicted molar refractivity (Wildman–Crippen MR) is 126 cm³/mol. The summed E-state index contributed by atoms with van der Waals surface area (Å²) in [6, 6.07) is 27.8. The minimum atomic E-state index is -0.960. The monoisotopic (exact) mass is 422 g/mol. The summed E-state index contributed by atoms with van der Waals surface area (Å²) in [5.41, 5.74) is 3.10. The van der Waals surface area contributed by atoms with Crippen LogP contribution in [0.2, 0.25) is 0 Å². The van der Waals surface area contributed by atoms with E-state index in [2.05, 4.69) is 0 Å². The Morgan fingerprint density at radius 3 is 1.75 bits per heavy atom. The van der Waals surface area contributed by atoms with Crippen molar-refractivity contribution >= 4 is 23.2 Å². The van der Waals surface area contributed by atoms with Crippen LogP contribution in [-0.4, -0.2) is 18.2 Å². The molecule has 1 fully saturated rings. The van der Waals surface area contributed by atoms with E-state index >= 15 is 0 Å². The van der Waals surface area contributed by atoms with Gasteiger partial charge in [0.1, 0.15) is 18.1 Å². The number of hydrogen-bond acceptors (Lipinski definition) is 3. The van der Waals surface area contributed by atoms with E-state index in [-0.39, 0.29) is 5.78 Å². The van der Waals surface area contributed by atoms with Crippen LogP contribution in [0.15, 0.2) is 84.9 Å². The molecule has 3 aromatic carbocycles. The summed E-state index contributed by atoms with van der Waals surface area (Å²) in [4.78, 5) is 26.6. The molecule has 3 nitrogen and oxygen atoms in total. The van der Waals surface area contributed by atoms with Crippen molar-refractivity contribution in [3.63, 3.8) is 0 Å². The molecule has 0 aromatic heterocycles. The highest BCUT2D eigenvalue weighted by Crippen LogP contribution is 2.69. The summed E-state index contributed by atoms with van der Waals surface area (Å²) in [5, 5.41) is 0. The standard InChI is InChI=1S/C29H26O3/c1-19-14-16-22(17-15-19)32-26-23(18-30)28(2)24(20-10-6-4-7-11-20)25(29(26,3)27(28)31)21-12-8-5-9-13-21/h4-18,23,26H,1-3H3/t23-,26+,28?,29?/m1/s1. The van der Waals surface area contributed by atoms with Gasteiger partial charge < -0.3 is 9.53 Å². The number of allylic oxidation sites excluding steroid dienone is 1. The van der Waals surface area contributed by atoms with Gasteiger partial charge in [-0.2, -0.15) is 0 Å². The van der Waals surface area contributed by atoms with Crippen LogP contribution < -0.4 is 4.74 Å². The van der Waals surface area contributed by atoms with E-state index < -0.39 is 22.9 Å². The molecular formula is C29H26O3. The van der Waals surface area contributed by atoms with Crippen molar-refractivity contribution in [2.75, 3.05) is 0 Å². The molecule has 0 spiro atoms. The van der Waals surface area contributed by atoms with E-state index in [0.717, 1.165) is 34.1 Å². The van der Waals surface area contributed by atoms with Gasteiger partial charge in [0.15, 0.2) is 5.78 Å². The molecule has 32 heavy (non-hydrogen) atoms. The Balaban J connectivity index is 1.77. The maximum Gasteiger partial charge on any atom is 0.158 e. The van der Waals surface area contributed by atoms with Crippen LogP contribution in [0, 0.1) is 23.7 Å². The average Bonchev–Trinajstić information content (AvgIpc) is 3.10. The maximum atomic E-state index is 14.1. The first-order chi connectivity index (χ1) is 15.4. The van der Waals surface area contributed by atoms with Crippen LogP contribution in [0.4, 0.5) is 0 Å². The molecule has 160 valence electrons. The third-order valence-corrected chi connectivity index (χ3v) is 7.35. The van der Waals surface area contributed by atoms with E-state index in [1.807, 2.05) is 106 Å². The van der Waals surface area contributed by atoms with Crippen molar-refractivity contribution in [2.24, 2.45) is 16.7 Å². The molecule has 4 atom stereocenters. The highest BCUT2D eigenvalue weighted by atomic mass is 16.5. The van der Waals surface area contributed by atoms with Gasteiger partial charge in [0.2, 0.25) is 0 Å². The van der Waals surface area contributed by atoms with Crippen LogP contribution >= 0.6 is 0 Å². The first-order valence-corrected chi connectivity index (χ1v) is 11.0. The summed E-state index contributed by atoms with van der Waals surface area (Å²) in [5.74, 6) is 0.146. The Hall–Kier alpha value is -3.46. The molecule has 0 N–H and O–H groups in total. The maximum absolute atomic E-state index is 14.1. The Labute approximate surface area is 188 Å². The van der Waals surface area contributed by atoms with Crippen molar-refractivity contribution in [2.45, 2.75) is 26.9 Å². The number of aryl methyl sites for hydroxylation is 1. The number of benzene rings is 3. The summed E-state index contributed by atoms with van der Waals surface area (Å²) in [7, 11) is 0. The fourth-order valence-electron chi connectivity index (χ4n) is 5.80. The van der Waals surface area contributed by atoms with Gasteiger partial charge in [-0.15, -0.1) is 0 Å². The lowest BCUT2D eigenvalue weighted by molar-refractivity contribution is -0.128. The predicted octanol–water partition coefficient (Wildman–Crippen LogP) is 5.78. The van der Waals surface area contributed by atoms with Crippen molar-refractivity contribution in [3.8, 4) is 5.75 Å². The highest BCUT2D eigenvalue weighted by Gasteiger charge is 2.73. The molecule has 0 amide bonds. The Morgan fingerprint density at radius 1 is 0.750 bits per heavy atom. The zero-order valence-corrected chi connectivity index (χ0v) is 18.5. The molecule has 2 unspecified atom stereocenters. The molecule has 1 saturated carbocycles. The molecule has 0 saturated heterocycles. The largest absolute Gasteiger partial charge is 0.488 e. The lowest BCUT2D eigenvalue weighted by Crippen LogP contribution is -2.43. The van der Waals surface area contributed by atoms with E-state index in [9.17, 15) is 9.59 Å². The molecule has 2 aliphatic carbocycles. The molecule has 0 aliphatic heterocycles. The van der Waals surface area contributed by atoms with Gasteiger partial charge in [0.25, 0.3) is 0 Å². The van der Waals surface area contributed by atoms with E-state index in [1.165, 1.54) is 0 Å². The summed E-state index contributed by atoms with van der Waals surface area (Å²) >= 11 is 0. The summed E-state index contributed by atoms with van der Waals surface area (Å²) in [6.45, 7) is 5.89. The van der Waals surface area contributed by atoms with E-state index in [4.69, 9.17) is 4.74 Å². The number of carbonyl (C=O) groups is 2. The molecule has 3 aromatic rings. The van der Waals surface area contributed by atoms with Crippen LogP contribution in [0.5, 0.6) is 5.75 Å². The average molecular weight is 423 g/mol. The van der Waals surface area contributed by atoms with Gasteiger partial charge >= 0.3 is 0 Å². The van der Waals surface area contributed by atoms with Crippen molar-refractivity contribution in [1.82, 2.24) is 0 Å². The van der Waals surface area contributed by atoms with Gasteiger partial charge in [-0.25, -0.2) is 0 Å². The zero-order valence-electron chi connectivity index (χ0n) is 18.5. The topological polar surface area (TPSA) is 43.4 Å². The molecule has 0 heterocycles. The Kier molecular flexibility index (Phi) is 4.67. The molecule has 5 rings (SSSR count). The molecule has 2 bridgehead atoms.